The Kier molecular flexibility index (Phi) is 4.11. The first-order chi connectivity index (χ1) is 10.7. The minimum absolute atomic E-state index is 0.204. The van der Waals surface area contributed by atoms with Crippen molar-refractivity contribution in [3.05, 3.63) is 59.6 Å². The zero-order valence-corrected chi connectivity index (χ0v) is 12.7. The van der Waals surface area contributed by atoms with Crippen LogP contribution in [0, 0.1) is 0 Å². The smallest absolute Gasteiger partial charge is 0.236 e. The van der Waals surface area contributed by atoms with Gasteiger partial charge in [-0.05, 0) is 23.6 Å². The molecule has 6 heteroatoms. The van der Waals surface area contributed by atoms with Gasteiger partial charge in [-0.15, -0.1) is 11.3 Å². The maximum Gasteiger partial charge on any atom is 0.236 e. The maximum atomic E-state index is 10.9. The Labute approximate surface area is 131 Å². The quantitative estimate of drug-likeness (QED) is 0.594. The van der Waals surface area contributed by atoms with Crippen molar-refractivity contribution in [2.45, 2.75) is 6.92 Å². The number of thiophene rings is 1. The average Bonchev–Trinajstić information content (AvgIpc) is 3.16. The van der Waals surface area contributed by atoms with E-state index in [1.165, 1.54) is 6.92 Å². The van der Waals surface area contributed by atoms with Crippen LogP contribution in [-0.4, -0.2) is 21.9 Å². The molecule has 0 fully saturated rings. The number of nitrogens with zero attached hydrogens (tertiary/aromatic N) is 3. The molecule has 0 aliphatic rings. The summed E-state index contributed by atoms with van der Waals surface area (Å²) in [6, 6.07) is 13.9. The topological polar surface area (TPSA) is 59.3 Å². The molecule has 1 aromatic carbocycles. The van der Waals surface area contributed by atoms with Crippen LogP contribution in [0.4, 0.5) is 0 Å². The van der Waals surface area contributed by atoms with Gasteiger partial charge in [-0.1, -0.05) is 24.3 Å². The van der Waals surface area contributed by atoms with Crippen LogP contribution < -0.4 is 5.43 Å². The molecule has 2 heterocycles. The fourth-order valence-electron chi connectivity index (χ4n) is 1.99. The van der Waals surface area contributed by atoms with Crippen molar-refractivity contribution >= 4 is 23.5 Å². The Balaban J connectivity index is 2.01. The van der Waals surface area contributed by atoms with E-state index >= 15 is 0 Å². The Bertz CT molecular complexity index is 791. The van der Waals surface area contributed by atoms with Gasteiger partial charge in [-0.25, -0.2) is 10.1 Å². The molecular weight excluding hydrogens is 296 g/mol. The van der Waals surface area contributed by atoms with Crippen molar-refractivity contribution in [3.63, 3.8) is 0 Å². The van der Waals surface area contributed by atoms with Crippen LogP contribution in [0.3, 0.4) is 0 Å². The highest BCUT2D eigenvalue weighted by Crippen LogP contribution is 2.26. The largest absolute Gasteiger partial charge is 0.274 e. The fourth-order valence-corrected chi connectivity index (χ4v) is 2.72. The van der Waals surface area contributed by atoms with Gasteiger partial charge in [0.05, 0.1) is 16.8 Å². The van der Waals surface area contributed by atoms with Crippen molar-refractivity contribution in [3.8, 4) is 16.3 Å². The lowest BCUT2D eigenvalue weighted by Crippen LogP contribution is -2.12. The van der Waals surface area contributed by atoms with Gasteiger partial charge in [0, 0.05) is 18.7 Å². The molecule has 5 nitrogen and oxygen atoms in total. The summed E-state index contributed by atoms with van der Waals surface area (Å²) in [4.78, 5) is 12.0. The molecule has 0 saturated carbocycles. The van der Waals surface area contributed by atoms with Gasteiger partial charge in [0.2, 0.25) is 5.91 Å². The van der Waals surface area contributed by atoms with Gasteiger partial charge in [0.15, 0.2) is 0 Å². The molecule has 2 aromatic heterocycles. The number of hydrogen-bond donors (Lipinski definition) is 1. The molecule has 0 aliphatic heterocycles. The van der Waals surface area contributed by atoms with Crippen LogP contribution in [0.1, 0.15) is 12.5 Å². The molecule has 1 amide bonds. The highest BCUT2D eigenvalue weighted by atomic mass is 32.1. The number of para-hydroxylation sites is 1. The van der Waals surface area contributed by atoms with Gasteiger partial charge < -0.3 is 0 Å². The van der Waals surface area contributed by atoms with E-state index in [0.29, 0.717) is 0 Å². The minimum atomic E-state index is -0.204. The zero-order chi connectivity index (χ0) is 15.4. The lowest BCUT2D eigenvalue weighted by molar-refractivity contribution is -0.118. The van der Waals surface area contributed by atoms with Crippen LogP contribution in [0.5, 0.6) is 0 Å². The SMILES string of the molecule is CC(=O)NN=Cc1cn(-c2ccccc2)nc1-c1cccs1. The number of carbonyl (C=O) groups excluding carboxylic acids is 1. The molecule has 110 valence electrons. The van der Waals surface area contributed by atoms with E-state index in [-0.39, 0.29) is 5.91 Å². The second-order valence-electron chi connectivity index (χ2n) is 4.62. The molecule has 0 radical (unpaired) electrons. The van der Waals surface area contributed by atoms with Crippen LogP contribution in [0.2, 0.25) is 0 Å². The summed E-state index contributed by atoms with van der Waals surface area (Å²) in [7, 11) is 0. The number of aromatic nitrogens is 2. The molecule has 1 N–H and O–H groups in total. The summed E-state index contributed by atoms with van der Waals surface area (Å²) in [5, 5.41) is 10.6. The van der Waals surface area contributed by atoms with Crippen LogP contribution in [-0.2, 0) is 4.79 Å². The van der Waals surface area contributed by atoms with E-state index in [2.05, 4.69) is 15.6 Å². The van der Waals surface area contributed by atoms with E-state index in [1.807, 2.05) is 58.7 Å². The molecule has 0 bridgehead atoms. The highest BCUT2D eigenvalue weighted by molar-refractivity contribution is 7.13. The number of hydrazone groups is 1. The number of benzene rings is 1. The maximum absolute atomic E-state index is 10.9. The van der Waals surface area contributed by atoms with Gasteiger partial charge in [0.25, 0.3) is 0 Å². The van der Waals surface area contributed by atoms with Gasteiger partial charge >= 0.3 is 0 Å². The Morgan fingerprint density at radius 2 is 2.09 bits per heavy atom. The molecular formula is C16H14N4OS. The predicted octanol–water partition coefficient (Wildman–Crippen LogP) is 3.07. The molecule has 0 atom stereocenters. The summed E-state index contributed by atoms with van der Waals surface area (Å²) < 4.78 is 1.81. The standard InChI is InChI=1S/C16H14N4OS/c1-12(21)18-17-10-13-11-20(14-6-3-2-4-7-14)19-16(13)15-8-5-9-22-15/h2-11H,1H3,(H,18,21). The van der Waals surface area contributed by atoms with E-state index < -0.39 is 0 Å². The second kappa shape index (κ2) is 6.36. The molecule has 0 aliphatic carbocycles. The lowest BCUT2D eigenvalue weighted by Gasteiger charge is -1.98. The number of nitrogens with one attached hydrogen (secondary N) is 1. The number of rotatable bonds is 4. The molecule has 3 rings (SSSR count). The van der Waals surface area contributed by atoms with E-state index in [1.54, 1.807) is 17.6 Å². The first-order valence-corrected chi connectivity index (χ1v) is 7.60. The minimum Gasteiger partial charge on any atom is -0.274 e. The third-order valence-electron chi connectivity index (χ3n) is 2.94. The average molecular weight is 310 g/mol. The van der Waals surface area contributed by atoms with Gasteiger partial charge in [-0.2, -0.15) is 10.2 Å². The Morgan fingerprint density at radius 3 is 2.77 bits per heavy atom. The fraction of sp³-hybridized carbons (Fsp3) is 0.0625. The number of hydrogen-bond acceptors (Lipinski definition) is 4. The van der Waals surface area contributed by atoms with E-state index in [0.717, 1.165) is 21.8 Å². The zero-order valence-electron chi connectivity index (χ0n) is 11.9. The summed E-state index contributed by atoms with van der Waals surface area (Å²) in [6.45, 7) is 1.42. The normalized spacial score (nSPS) is 11.0. The molecule has 0 saturated heterocycles. The summed E-state index contributed by atoms with van der Waals surface area (Å²) in [5.74, 6) is -0.204. The summed E-state index contributed by atoms with van der Waals surface area (Å²) in [5.41, 5.74) is 5.07. The Hall–Kier alpha value is -2.73. The van der Waals surface area contributed by atoms with Crippen molar-refractivity contribution < 1.29 is 4.79 Å². The monoisotopic (exact) mass is 310 g/mol. The molecule has 0 spiro atoms. The van der Waals surface area contributed by atoms with Crippen LogP contribution >= 0.6 is 11.3 Å². The van der Waals surface area contributed by atoms with Crippen molar-refractivity contribution in [1.82, 2.24) is 15.2 Å². The lowest BCUT2D eigenvalue weighted by atomic mass is 10.2. The van der Waals surface area contributed by atoms with E-state index in [4.69, 9.17) is 0 Å². The van der Waals surface area contributed by atoms with Crippen LogP contribution in [0.25, 0.3) is 16.3 Å². The summed E-state index contributed by atoms with van der Waals surface area (Å²) >= 11 is 1.61. The first-order valence-electron chi connectivity index (χ1n) is 6.72. The third kappa shape index (κ3) is 3.12. The molecule has 0 unspecified atom stereocenters. The van der Waals surface area contributed by atoms with Gasteiger partial charge in [-0.3, -0.25) is 4.79 Å². The molecule has 22 heavy (non-hydrogen) atoms. The molecule has 3 aromatic rings. The predicted molar refractivity (Wildman–Crippen MR) is 88.3 cm³/mol. The van der Waals surface area contributed by atoms with Crippen molar-refractivity contribution in [1.29, 1.82) is 0 Å². The third-order valence-corrected chi connectivity index (χ3v) is 3.82. The van der Waals surface area contributed by atoms with Crippen molar-refractivity contribution in [2.75, 3.05) is 0 Å². The number of carbonyl (C=O) groups is 1. The van der Waals surface area contributed by atoms with E-state index in [9.17, 15) is 4.79 Å². The Morgan fingerprint density at radius 1 is 1.27 bits per heavy atom. The number of amides is 1. The summed E-state index contributed by atoms with van der Waals surface area (Å²) in [6.07, 6.45) is 3.51. The second-order valence-corrected chi connectivity index (χ2v) is 5.56. The van der Waals surface area contributed by atoms with Gasteiger partial charge in [0.1, 0.15) is 5.69 Å². The van der Waals surface area contributed by atoms with Crippen molar-refractivity contribution in [2.24, 2.45) is 5.10 Å². The first kappa shape index (κ1) is 14.2. The van der Waals surface area contributed by atoms with Crippen LogP contribution in [0.15, 0.2) is 59.1 Å². The highest BCUT2D eigenvalue weighted by Gasteiger charge is 2.11.